The van der Waals surface area contributed by atoms with Crippen LogP contribution in [0.1, 0.15) is 18.9 Å². The van der Waals surface area contributed by atoms with Crippen LogP contribution < -0.4 is 0 Å². The highest BCUT2D eigenvalue weighted by Crippen LogP contribution is 2.25. The van der Waals surface area contributed by atoms with Crippen molar-refractivity contribution in [2.75, 3.05) is 6.79 Å². The second kappa shape index (κ2) is 5.53. The van der Waals surface area contributed by atoms with E-state index in [0.717, 1.165) is 12.2 Å². The van der Waals surface area contributed by atoms with Gasteiger partial charge in [0.15, 0.2) is 0 Å². The van der Waals surface area contributed by atoms with Crippen molar-refractivity contribution in [1.29, 1.82) is 0 Å². The zero-order valence-corrected chi connectivity index (χ0v) is 9.89. The Morgan fingerprint density at radius 2 is 2.12 bits per heavy atom. The quantitative estimate of drug-likeness (QED) is 0.783. The van der Waals surface area contributed by atoms with E-state index in [0.29, 0.717) is 6.42 Å². The molecule has 0 bridgehead atoms. The third-order valence-electron chi connectivity index (χ3n) is 2.75. The molecule has 1 aromatic rings. The molecule has 1 heterocycles. The smallest absolute Gasteiger partial charge is 0.229 e. The molecule has 0 radical (unpaired) electrons. The monoisotopic (exact) mass is 232 g/mol. The van der Waals surface area contributed by atoms with Crippen molar-refractivity contribution in [3.05, 3.63) is 47.9 Å². The molecular formula is C14H16O3. The maximum absolute atomic E-state index is 11.3. The number of Topliss-reactive ketones (excluding diaryl/α,β-unsaturated/α-hetero) is 1. The van der Waals surface area contributed by atoms with E-state index in [1.165, 1.54) is 5.56 Å². The van der Waals surface area contributed by atoms with Gasteiger partial charge in [0.1, 0.15) is 17.8 Å². The molecule has 0 spiro atoms. The molecule has 1 unspecified atom stereocenters. The van der Waals surface area contributed by atoms with Gasteiger partial charge in [0.25, 0.3) is 0 Å². The van der Waals surface area contributed by atoms with Gasteiger partial charge in [-0.3, -0.25) is 0 Å². The summed E-state index contributed by atoms with van der Waals surface area (Å²) in [5.74, 6) is 1.03. The number of ketones is 1. The fraction of sp³-hybridized carbons (Fsp3) is 0.357. The molecule has 0 aliphatic carbocycles. The summed E-state index contributed by atoms with van der Waals surface area (Å²) >= 11 is 0. The molecule has 1 aromatic carbocycles. The van der Waals surface area contributed by atoms with Crippen LogP contribution in [0.3, 0.4) is 0 Å². The molecule has 0 amide bonds. The molecule has 0 N–H and O–H groups in total. The van der Waals surface area contributed by atoms with Crippen LogP contribution in [0.15, 0.2) is 42.4 Å². The van der Waals surface area contributed by atoms with Crippen LogP contribution >= 0.6 is 0 Å². The lowest BCUT2D eigenvalue weighted by Crippen LogP contribution is -2.12. The molecule has 1 aliphatic rings. The van der Waals surface area contributed by atoms with Gasteiger partial charge >= 0.3 is 0 Å². The van der Waals surface area contributed by atoms with E-state index in [9.17, 15) is 4.79 Å². The number of benzene rings is 1. The predicted octanol–water partition coefficient (Wildman–Crippen LogP) is 2.67. The number of carbonyl (C=O) groups is 1. The molecule has 0 fully saturated rings. The minimum Gasteiger partial charge on any atom is -0.462 e. The van der Waals surface area contributed by atoms with Crippen LogP contribution in [0.4, 0.5) is 0 Å². The summed E-state index contributed by atoms with van der Waals surface area (Å²) in [6, 6.07) is 10.1. The third-order valence-corrected chi connectivity index (χ3v) is 2.75. The van der Waals surface area contributed by atoms with Crippen LogP contribution in [0.2, 0.25) is 0 Å². The summed E-state index contributed by atoms with van der Waals surface area (Å²) in [5, 5.41) is 0. The van der Waals surface area contributed by atoms with Crippen molar-refractivity contribution in [3.8, 4) is 0 Å². The fourth-order valence-corrected chi connectivity index (χ4v) is 1.99. The van der Waals surface area contributed by atoms with Crippen LogP contribution in [0.25, 0.3) is 0 Å². The standard InChI is InChI=1S/C14H16O3/c1-11(15)7-13(14-9-16-10-17-14)8-12-5-3-2-4-6-12/h2-6,9,13H,7-8,10H2,1H3. The summed E-state index contributed by atoms with van der Waals surface area (Å²) in [7, 11) is 0. The second-order valence-electron chi connectivity index (χ2n) is 4.24. The largest absolute Gasteiger partial charge is 0.462 e. The Kier molecular flexibility index (Phi) is 3.81. The normalized spacial score (nSPS) is 15.7. The first kappa shape index (κ1) is 11.7. The van der Waals surface area contributed by atoms with Crippen LogP contribution in [0, 0.1) is 5.92 Å². The topological polar surface area (TPSA) is 35.5 Å². The molecular weight excluding hydrogens is 216 g/mol. The zero-order chi connectivity index (χ0) is 12.1. The van der Waals surface area contributed by atoms with Gasteiger partial charge in [-0.1, -0.05) is 30.3 Å². The molecule has 17 heavy (non-hydrogen) atoms. The summed E-state index contributed by atoms with van der Waals surface area (Å²) in [6.45, 7) is 1.87. The van der Waals surface area contributed by atoms with E-state index in [4.69, 9.17) is 9.47 Å². The molecule has 0 saturated heterocycles. The maximum Gasteiger partial charge on any atom is 0.229 e. The van der Waals surface area contributed by atoms with E-state index >= 15 is 0 Å². The van der Waals surface area contributed by atoms with Crippen molar-refractivity contribution in [3.63, 3.8) is 0 Å². The first-order chi connectivity index (χ1) is 8.25. The SMILES string of the molecule is CC(=O)CC(Cc1ccccc1)C1=COCO1. The van der Waals surface area contributed by atoms with Gasteiger partial charge in [0.2, 0.25) is 6.79 Å². The Morgan fingerprint density at radius 1 is 1.35 bits per heavy atom. The van der Waals surface area contributed by atoms with E-state index in [2.05, 4.69) is 12.1 Å². The summed E-state index contributed by atoms with van der Waals surface area (Å²) in [4.78, 5) is 11.3. The summed E-state index contributed by atoms with van der Waals surface area (Å²) < 4.78 is 10.4. The highest BCUT2D eigenvalue weighted by Gasteiger charge is 2.21. The van der Waals surface area contributed by atoms with Gasteiger partial charge in [-0.15, -0.1) is 0 Å². The maximum atomic E-state index is 11.3. The number of ether oxygens (including phenoxy) is 2. The van der Waals surface area contributed by atoms with Crippen molar-refractivity contribution in [2.45, 2.75) is 19.8 Å². The lowest BCUT2D eigenvalue weighted by molar-refractivity contribution is -0.117. The van der Waals surface area contributed by atoms with E-state index in [-0.39, 0.29) is 18.5 Å². The Labute approximate surface area is 101 Å². The van der Waals surface area contributed by atoms with Crippen LogP contribution in [-0.4, -0.2) is 12.6 Å². The van der Waals surface area contributed by atoms with Crippen molar-refractivity contribution in [2.24, 2.45) is 5.92 Å². The molecule has 2 rings (SSSR count). The fourth-order valence-electron chi connectivity index (χ4n) is 1.99. The summed E-state index contributed by atoms with van der Waals surface area (Å²) in [6.07, 6.45) is 2.91. The second-order valence-corrected chi connectivity index (χ2v) is 4.24. The minimum absolute atomic E-state index is 0.0809. The van der Waals surface area contributed by atoms with Crippen LogP contribution in [-0.2, 0) is 20.7 Å². The van der Waals surface area contributed by atoms with Crippen molar-refractivity contribution < 1.29 is 14.3 Å². The van der Waals surface area contributed by atoms with Gasteiger partial charge in [-0.25, -0.2) is 0 Å². The number of hydrogen-bond donors (Lipinski definition) is 0. The van der Waals surface area contributed by atoms with Crippen LogP contribution in [0.5, 0.6) is 0 Å². The predicted molar refractivity (Wildman–Crippen MR) is 64.1 cm³/mol. The van der Waals surface area contributed by atoms with Gasteiger partial charge in [0, 0.05) is 12.3 Å². The lowest BCUT2D eigenvalue weighted by Gasteiger charge is -2.15. The summed E-state index contributed by atoms with van der Waals surface area (Å²) in [5.41, 5.74) is 1.20. The van der Waals surface area contributed by atoms with E-state index in [1.807, 2.05) is 18.2 Å². The van der Waals surface area contributed by atoms with E-state index < -0.39 is 0 Å². The van der Waals surface area contributed by atoms with Gasteiger partial charge in [0.05, 0.1) is 0 Å². The Bertz CT molecular complexity index is 409. The molecule has 1 atom stereocenters. The van der Waals surface area contributed by atoms with Gasteiger partial charge < -0.3 is 14.3 Å². The molecule has 3 nitrogen and oxygen atoms in total. The Hall–Kier alpha value is -1.77. The average molecular weight is 232 g/mol. The molecule has 3 heteroatoms. The molecule has 1 aliphatic heterocycles. The highest BCUT2D eigenvalue weighted by atomic mass is 16.7. The van der Waals surface area contributed by atoms with Gasteiger partial charge in [-0.05, 0) is 18.9 Å². The van der Waals surface area contributed by atoms with E-state index in [1.54, 1.807) is 13.2 Å². The van der Waals surface area contributed by atoms with Crippen molar-refractivity contribution in [1.82, 2.24) is 0 Å². The average Bonchev–Trinajstić information content (AvgIpc) is 2.82. The Morgan fingerprint density at radius 3 is 2.71 bits per heavy atom. The van der Waals surface area contributed by atoms with Gasteiger partial charge in [-0.2, -0.15) is 0 Å². The molecule has 0 saturated carbocycles. The number of rotatable bonds is 5. The third kappa shape index (κ3) is 3.34. The lowest BCUT2D eigenvalue weighted by atomic mass is 9.93. The number of allylic oxidation sites excluding steroid dienone is 1. The number of carbonyl (C=O) groups excluding carboxylic acids is 1. The van der Waals surface area contributed by atoms with Crippen molar-refractivity contribution >= 4 is 5.78 Å². The molecule has 0 aromatic heterocycles. The molecule has 90 valence electrons. The first-order valence-electron chi connectivity index (χ1n) is 5.73. The Balaban J connectivity index is 2.08. The zero-order valence-electron chi connectivity index (χ0n) is 9.89. The highest BCUT2D eigenvalue weighted by molar-refractivity contribution is 5.76. The number of hydrogen-bond acceptors (Lipinski definition) is 3. The first-order valence-corrected chi connectivity index (χ1v) is 5.73. The minimum atomic E-state index is 0.0809.